The molecular formula is C18H18N4O2S. The summed E-state index contributed by atoms with van der Waals surface area (Å²) in [5.74, 6) is 0. The van der Waals surface area contributed by atoms with Crippen LogP contribution in [0.15, 0.2) is 53.6 Å². The van der Waals surface area contributed by atoms with Crippen molar-refractivity contribution in [3.05, 3.63) is 69.8 Å². The van der Waals surface area contributed by atoms with Gasteiger partial charge in [-0.1, -0.05) is 36.4 Å². The third-order valence-corrected chi connectivity index (χ3v) is 4.27. The number of nitro benzene ring substituents is 1. The minimum absolute atomic E-state index is 0.0286. The zero-order valence-electron chi connectivity index (χ0n) is 13.6. The molecule has 1 aliphatic rings. The first kappa shape index (κ1) is 17.0. The second kappa shape index (κ2) is 7.85. The molecule has 0 aliphatic heterocycles. The van der Waals surface area contributed by atoms with Crippen LogP contribution in [0.3, 0.4) is 0 Å². The van der Waals surface area contributed by atoms with E-state index in [9.17, 15) is 10.1 Å². The summed E-state index contributed by atoms with van der Waals surface area (Å²) in [6.45, 7) is 0. The van der Waals surface area contributed by atoms with Gasteiger partial charge in [0, 0.05) is 11.6 Å². The fraction of sp³-hybridized carbons (Fsp3) is 0.222. The highest BCUT2D eigenvalue weighted by atomic mass is 32.1. The second-order valence-corrected chi connectivity index (χ2v) is 6.17. The topological polar surface area (TPSA) is 79.6 Å². The van der Waals surface area contributed by atoms with E-state index in [1.165, 1.54) is 11.6 Å². The van der Waals surface area contributed by atoms with E-state index in [0.29, 0.717) is 5.69 Å². The third-order valence-electron chi connectivity index (χ3n) is 4.08. The van der Waals surface area contributed by atoms with E-state index in [-0.39, 0.29) is 10.8 Å². The smallest absolute Gasteiger partial charge is 0.292 e. The number of aryl methyl sites for hydroxylation is 1. The molecule has 0 aromatic heterocycles. The summed E-state index contributed by atoms with van der Waals surface area (Å²) < 4.78 is 0. The normalized spacial score (nSPS) is 15.1. The zero-order chi connectivity index (χ0) is 17.6. The first-order chi connectivity index (χ1) is 12.1. The highest BCUT2D eigenvalue weighted by molar-refractivity contribution is 7.80. The monoisotopic (exact) mass is 354 g/mol. The predicted molar refractivity (Wildman–Crippen MR) is 103 cm³/mol. The third kappa shape index (κ3) is 4.19. The van der Waals surface area contributed by atoms with Crippen LogP contribution in [0, 0.1) is 10.1 Å². The van der Waals surface area contributed by atoms with Gasteiger partial charge in [-0.2, -0.15) is 5.10 Å². The Hall–Kier alpha value is -2.80. The lowest BCUT2D eigenvalue weighted by Gasteiger charge is -2.10. The Morgan fingerprint density at radius 2 is 1.80 bits per heavy atom. The quantitative estimate of drug-likeness (QED) is 0.377. The van der Waals surface area contributed by atoms with E-state index >= 15 is 0 Å². The molecule has 7 heteroatoms. The number of para-hydroxylation sites is 2. The van der Waals surface area contributed by atoms with Crippen molar-refractivity contribution in [3.8, 4) is 0 Å². The molecule has 128 valence electrons. The van der Waals surface area contributed by atoms with Crippen molar-refractivity contribution in [2.24, 2.45) is 5.10 Å². The van der Waals surface area contributed by atoms with Crippen molar-refractivity contribution in [1.82, 2.24) is 5.43 Å². The number of hydrogen-bond acceptors (Lipinski definition) is 4. The summed E-state index contributed by atoms with van der Waals surface area (Å²) in [5.41, 5.74) is 6.52. The number of anilines is 1. The molecule has 25 heavy (non-hydrogen) atoms. The van der Waals surface area contributed by atoms with Gasteiger partial charge in [-0.05, 0) is 49.5 Å². The molecule has 0 amide bonds. The van der Waals surface area contributed by atoms with Crippen LogP contribution in [0.4, 0.5) is 11.4 Å². The van der Waals surface area contributed by atoms with Crippen LogP contribution in [-0.4, -0.2) is 15.7 Å². The van der Waals surface area contributed by atoms with Crippen LogP contribution in [0.2, 0.25) is 0 Å². The number of rotatable bonds is 3. The average Bonchev–Trinajstić information content (AvgIpc) is 2.82. The molecular weight excluding hydrogens is 336 g/mol. The SMILES string of the molecule is O=[N+]([O-])c1ccccc1NC(=S)N/N=C1\CCCCc2ccccc21. The molecule has 3 rings (SSSR count). The van der Waals surface area contributed by atoms with Gasteiger partial charge in [0.15, 0.2) is 5.11 Å². The Kier molecular flexibility index (Phi) is 5.35. The Labute approximate surface area is 151 Å². The largest absolute Gasteiger partial charge is 0.326 e. The Morgan fingerprint density at radius 3 is 2.64 bits per heavy atom. The molecule has 0 unspecified atom stereocenters. The summed E-state index contributed by atoms with van der Waals surface area (Å²) in [7, 11) is 0. The van der Waals surface area contributed by atoms with Gasteiger partial charge in [0.05, 0.1) is 10.6 Å². The Morgan fingerprint density at radius 1 is 1.08 bits per heavy atom. The summed E-state index contributed by atoms with van der Waals surface area (Å²) in [6, 6.07) is 14.6. The highest BCUT2D eigenvalue weighted by Gasteiger charge is 2.15. The first-order valence-corrected chi connectivity index (χ1v) is 8.51. The lowest BCUT2D eigenvalue weighted by molar-refractivity contribution is -0.383. The van der Waals surface area contributed by atoms with Gasteiger partial charge in [-0.15, -0.1) is 0 Å². The van der Waals surface area contributed by atoms with Crippen molar-refractivity contribution in [1.29, 1.82) is 0 Å². The van der Waals surface area contributed by atoms with Crippen molar-refractivity contribution < 1.29 is 4.92 Å². The first-order valence-electron chi connectivity index (χ1n) is 8.10. The van der Waals surface area contributed by atoms with Crippen molar-refractivity contribution in [3.63, 3.8) is 0 Å². The molecule has 6 nitrogen and oxygen atoms in total. The van der Waals surface area contributed by atoms with Crippen LogP contribution in [-0.2, 0) is 6.42 Å². The van der Waals surface area contributed by atoms with Gasteiger partial charge in [0.25, 0.3) is 5.69 Å². The summed E-state index contributed by atoms with van der Waals surface area (Å²) in [5, 5.41) is 18.6. The maximum absolute atomic E-state index is 11.1. The minimum atomic E-state index is -0.446. The maximum atomic E-state index is 11.1. The minimum Gasteiger partial charge on any atom is -0.326 e. The van der Waals surface area contributed by atoms with Crippen LogP contribution in [0.1, 0.15) is 30.4 Å². The number of hydrazone groups is 1. The van der Waals surface area contributed by atoms with Gasteiger partial charge < -0.3 is 5.32 Å². The molecule has 0 saturated heterocycles. The summed E-state index contributed by atoms with van der Waals surface area (Å²) in [4.78, 5) is 10.6. The number of benzene rings is 2. The van der Waals surface area contributed by atoms with Crippen LogP contribution in [0.5, 0.6) is 0 Å². The molecule has 0 spiro atoms. The molecule has 0 atom stereocenters. The fourth-order valence-electron chi connectivity index (χ4n) is 2.89. The van der Waals surface area contributed by atoms with Gasteiger partial charge in [-0.3, -0.25) is 15.5 Å². The number of nitrogens with one attached hydrogen (secondary N) is 2. The Balaban J connectivity index is 1.74. The van der Waals surface area contributed by atoms with E-state index in [2.05, 4.69) is 28.0 Å². The molecule has 2 aromatic rings. The van der Waals surface area contributed by atoms with Crippen molar-refractivity contribution >= 4 is 34.4 Å². The van der Waals surface area contributed by atoms with Gasteiger partial charge in [-0.25, -0.2) is 0 Å². The standard InChI is InChI=1S/C18H18N4O2S/c23-22(24)17-12-6-5-11-16(17)19-18(25)21-20-15-10-4-2-8-13-7-1-3-9-14(13)15/h1,3,5-7,9,11-12H,2,4,8,10H2,(H2,19,21,25)/b20-15+. The summed E-state index contributed by atoms with van der Waals surface area (Å²) in [6.07, 6.45) is 4.13. The van der Waals surface area contributed by atoms with Crippen molar-refractivity contribution in [2.75, 3.05) is 5.32 Å². The molecule has 2 aromatic carbocycles. The lowest BCUT2D eigenvalue weighted by atomic mass is 10.0. The number of thiocarbonyl (C=S) groups is 1. The maximum Gasteiger partial charge on any atom is 0.292 e. The van der Waals surface area contributed by atoms with E-state index < -0.39 is 4.92 Å². The molecule has 0 heterocycles. The van der Waals surface area contributed by atoms with E-state index in [4.69, 9.17) is 12.2 Å². The number of hydrogen-bond donors (Lipinski definition) is 2. The number of nitro groups is 1. The number of nitrogens with zero attached hydrogens (tertiary/aromatic N) is 2. The molecule has 2 N–H and O–H groups in total. The lowest BCUT2D eigenvalue weighted by Crippen LogP contribution is -2.25. The van der Waals surface area contributed by atoms with Crippen LogP contribution in [0.25, 0.3) is 0 Å². The fourth-order valence-corrected chi connectivity index (χ4v) is 3.04. The molecule has 0 bridgehead atoms. The predicted octanol–water partition coefficient (Wildman–Crippen LogP) is 4.01. The van der Waals surface area contributed by atoms with Crippen LogP contribution >= 0.6 is 12.2 Å². The van der Waals surface area contributed by atoms with Gasteiger partial charge >= 0.3 is 0 Å². The Bertz CT molecular complexity index is 835. The second-order valence-electron chi connectivity index (χ2n) is 5.76. The van der Waals surface area contributed by atoms with E-state index in [1.807, 2.05) is 12.1 Å². The van der Waals surface area contributed by atoms with E-state index in [1.54, 1.807) is 18.2 Å². The molecule has 0 radical (unpaired) electrons. The van der Waals surface area contributed by atoms with Gasteiger partial charge in [0.1, 0.15) is 5.69 Å². The molecule has 0 saturated carbocycles. The zero-order valence-corrected chi connectivity index (χ0v) is 14.4. The average molecular weight is 354 g/mol. The summed E-state index contributed by atoms with van der Waals surface area (Å²) >= 11 is 5.23. The van der Waals surface area contributed by atoms with Crippen molar-refractivity contribution in [2.45, 2.75) is 25.7 Å². The highest BCUT2D eigenvalue weighted by Crippen LogP contribution is 2.23. The van der Waals surface area contributed by atoms with E-state index in [0.717, 1.165) is 37.0 Å². The molecule has 1 aliphatic carbocycles. The molecule has 0 fully saturated rings. The number of fused-ring (bicyclic) bond motifs is 1. The van der Waals surface area contributed by atoms with Crippen LogP contribution < -0.4 is 10.7 Å². The van der Waals surface area contributed by atoms with Gasteiger partial charge in [0.2, 0.25) is 0 Å².